The average molecular weight is 227 g/mol. The summed E-state index contributed by atoms with van der Waals surface area (Å²) in [7, 11) is 0. The molecule has 3 heteroatoms. The minimum absolute atomic E-state index is 0.151. The maximum atomic E-state index is 12.9. The smallest absolute Gasteiger partial charge is 0.187 e. The Labute approximate surface area is 98.4 Å². The highest BCUT2D eigenvalue weighted by Gasteiger charge is 2.00. The Kier molecular flexibility index (Phi) is 3.40. The first kappa shape index (κ1) is 11.2. The Morgan fingerprint density at radius 1 is 1.24 bits per heavy atom. The first-order chi connectivity index (χ1) is 8.25. The van der Waals surface area contributed by atoms with Crippen molar-refractivity contribution in [1.29, 1.82) is 0 Å². The van der Waals surface area contributed by atoms with Gasteiger partial charge in [0, 0.05) is 18.0 Å². The summed E-state index contributed by atoms with van der Waals surface area (Å²) >= 11 is 0. The summed E-state index contributed by atoms with van der Waals surface area (Å²) in [5, 5.41) is 0. The number of pyridine rings is 1. The minimum Gasteiger partial charge on any atom is -0.289 e. The largest absolute Gasteiger partial charge is 0.289 e. The van der Waals surface area contributed by atoms with Crippen LogP contribution in [0.15, 0.2) is 54.9 Å². The van der Waals surface area contributed by atoms with Crippen LogP contribution in [-0.2, 0) is 0 Å². The van der Waals surface area contributed by atoms with Crippen LogP contribution in [-0.4, -0.2) is 10.8 Å². The van der Waals surface area contributed by atoms with E-state index in [1.165, 1.54) is 24.4 Å². The minimum atomic E-state index is -0.319. The van der Waals surface area contributed by atoms with Gasteiger partial charge in [-0.25, -0.2) is 4.39 Å². The van der Waals surface area contributed by atoms with Crippen molar-refractivity contribution in [3.8, 4) is 0 Å². The average Bonchev–Trinajstić information content (AvgIpc) is 2.37. The van der Waals surface area contributed by atoms with E-state index >= 15 is 0 Å². The third-order valence-electron chi connectivity index (χ3n) is 2.22. The van der Waals surface area contributed by atoms with Crippen LogP contribution in [0.4, 0.5) is 4.39 Å². The molecule has 0 aliphatic heterocycles. The Bertz CT molecular complexity index is 549. The van der Waals surface area contributed by atoms with E-state index < -0.39 is 0 Å². The molecule has 0 unspecified atom stereocenters. The van der Waals surface area contributed by atoms with Gasteiger partial charge in [-0.2, -0.15) is 0 Å². The molecule has 0 aliphatic carbocycles. The number of allylic oxidation sites excluding steroid dienone is 1. The molecule has 0 saturated heterocycles. The van der Waals surface area contributed by atoms with Crippen molar-refractivity contribution in [3.05, 3.63) is 71.8 Å². The van der Waals surface area contributed by atoms with Gasteiger partial charge in [-0.15, -0.1) is 0 Å². The second-order valence-electron chi connectivity index (χ2n) is 3.49. The molecule has 2 rings (SSSR count). The number of benzene rings is 1. The first-order valence-corrected chi connectivity index (χ1v) is 5.14. The number of carbonyl (C=O) groups excluding carboxylic acids is 1. The van der Waals surface area contributed by atoms with Gasteiger partial charge in [0.05, 0.1) is 0 Å². The highest BCUT2D eigenvalue weighted by Crippen LogP contribution is 2.07. The van der Waals surface area contributed by atoms with E-state index in [-0.39, 0.29) is 11.6 Å². The third-order valence-corrected chi connectivity index (χ3v) is 2.22. The zero-order valence-electron chi connectivity index (χ0n) is 9.01. The Morgan fingerprint density at radius 3 is 2.82 bits per heavy atom. The number of hydrogen-bond acceptors (Lipinski definition) is 2. The Balaban J connectivity index is 2.14. The van der Waals surface area contributed by atoms with Gasteiger partial charge in [-0.05, 0) is 35.9 Å². The van der Waals surface area contributed by atoms with Gasteiger partial charge in [0.1, 0.15) is 5.82 Å². The highest BCUT2D eigenvalue weighted by atomic mass is 19.1. The number of halogens is 1. The number of aromatic nitrogens is 1. The molecular weight excluding hydrogens is 217 g/mol. The molecule has 0 atom stereocenters. The van der Waals surface area contributed by atoms with E-state index in [0.717, 1.165) is 0 Å². The van der Waals surface area contributed by atoms with Gasteiger partial charge in [0.2, 0.25) is 0 Å². The zero-order chi connectivity index (χ0) is 12.1. The molecule has 0 bridgehead atoms. The van der Waals surface area contributed by atoms with Crippen LogP contribution in [0.5, 0.6) is 0 Å². The second kappa shape index (κ2) is 5.16. The summed E-state index contributed by atoms with van der Waals surface area (Å²) in [6.07, 6.45) is 6.09. The number of carbonyl (C=O) groups is 1. The van der Waals surface area contributed by atoms with Crippen LogP contribution in [0.1, 0.15) is 15.9 Å². The summed E-state index contributed by atoms with van der Waals surface area (Å²) in [6.45, 7) is 0. The van der Waals surface area contributed by atoms with Crippen molar-refractivity contribution in [2.24, 2.45) is 0 Å². The fraction of sp³-hybridized carbons (Fsp3) is 0. The van der Waals surface area contributed by atoms with Crippen molar-refractivity contribution in [2.45, 2.75) is 0 Å². The first-order valence-electron chi connectivity index (χ1n) is 5.14. The maximum Gasteiger partial charge on any atom is 0.187 e. The fourth-order valence-electron chi connectivity index (χ4n) is 1.39. The molecule has 17 heavy (non-hydrogen) atoms. The van der Waals surface area contributed by atoms with Crippen LogP contribution < -0.4 is 0 Å². The Morgan fingerprint density at radius 2 is 2.12 bits per heavy atom. The molecule has 0 spiro atoms. The van der Waals surface area contributed by atoms with Crippen LogP contribution in [0.2, 0.25) is 0 Å². The zero-order valence-corrected chi connectivity index (χ0v) is 9.01. The number of ketones is 1. The van der Waals surface area contributed by atoms with E-state index in [9.17, 15) is 9.18 Å². The standard InChI is InChI=1S/C14H10FNO/c15-13-5-1-3-11(9-13)6-7-14(17)12-4-2-8-16-10-12/h1-10H. The fourth-order valence-corrected chi connectivity index (χ4v) is 1.39. The van der Waals surface area contributed by atoms with E-state index in [0.29, 0.717) is 11.1 Å². The second-order valence-corrected chi connectivity index (χ2v) is 3.49. The van der Waals surface area contributed by atoms with Crippen molar-refractivity contribution in [3.63, 3.8) is 0 Å². The van der Waals surface area contributed by atoms with Crippen LogP contribution in [0, 0.1) is 5.82 Å². The molecule has 2 aromatic rings. The predicted octanol–water partition coefficient (Wildman–Crippen LogP) is 3.12. The summed E-state index contributed by atoms with van der Waals surface area (Å²) in [5.41, 5.74) is 1.17. The predicted molar refractivity (Wildman–Crippen MR) is 64.0 cm³/mol. The topological polar surface area (TPSA) is 30.0 Å². The van der Waals surface area contributed by atoms with Gasteiger partial charge in [0.15, 0.2) is 5.78 Å². The molecule has 0 amide bonds. The van der Waals surface area contributed by atoms with Gasteiger partial charge >= 0.3 is 0 Å². The lowest BCUT2D eigenvalue weighted by Gasteiger charge is -1.95. The normalized spacial score (nSPS) is 10.6. The molecule has 1 aromatic heterocycles. The Hall–Kier alpha value is -2.29. The summed E-state index contributed by atoms with van der Waals surface area (Å²) in [5.74, 6) is -0.469. The molecule has 0 aliphatic rings. The SMILES string of the molecule is O=C(C=Cc1cccc(F)c1)c1cccnc1. The summed E-state index contributed by atoms with van der Waals surface area (Å²) in [4.78, 5) is 15.5. The maximum absolute atomic E-state index is 12.9. The molecule has 1 heterocycles. The monoisotopic (exact) mass is 227 g/mol. The van der Waals surface area contributed by atoms with Crippen molar-refractivity contribution < 1.29 is 9.18 Å². The molecule has 0 N–H and O–H groups in total. The molecule has 2 nitrogen and oxygen atoms in total. The van der Waals surface area contributed by atoms with E-state index in [1.807, 2.05) is 0 Å². The van der Waals surface area contributed by atoms with Crippen LogP contribution >= 0.6 is 0 Å². The van der Waals surface area contributed by atoms with Crippen molar-refractivity contribution in [1.82, 2.24) is 4.98 Å². The molecular formula is C14H10FNO. The lowest BCUT2D eigenvalue weighted by molar-refractivity contribution is 0.104. The molecule has 0 fully saturated rings. The molecule has 0 radical (unpaired) electrons. The highest BCUT2D eigenvalue weighted by molar-refractivity contribution is 6.06. The summed E-state index contributed by atoms with van der Waals surface area (Å²) < 4.78 is 12.9. The number of rotatable bonds is 3. The van der Waals surface area contributed by atoms with Crippen molar-refractivity contribution in [2.75, 3.05) is 0 Å². The lowest BCUT2D eigenvalue weighted by atomic mass is 10.1. The van der Waals surface area contributed by atoms with Gasteiger partial charge in [0.25, 0.3) is 0 Å². The van der Waals surface area contributed by atoms with E-state index in [2.05, 4.69) is 4.98 Å². The van der Waals surface area contributed by atoms with Gasteiger partial charge in [-0.3, -0.25) is 9.78 Å². The van der Waals surface area contributed by atoms with Crippen LogP contribution in [0.25, 0.3) is 6.08 Å². The lowest BCUT2D eigenvalue weighted by Crippen LogP contribution is -1.94. The van der Waals surface area contributed by atoms with Crippen molar-refractivity contribution >= 4 is 11.9 Å². The molecule has 0 saturated carbocycles. The summed E-state index contributed by atoms with van der Waals surface area (Å²) in [6, 6.07) is 9.45. The van der Waals surface area contributed by atoms with Crippen LogP contribution in [0.3, 0.4) is 0 Å². The molecule has 1 aromatic carbocycles. The number of nitrogens with zero attached hydrogens (tertiary/aromatic N) is 1. The number of hydrogen-bond donors (Lipinski definition) is 0. The quantitative estimate of drug-likeness (QED) is 0.595. The molecule has 84 valence electrons. The van der Waals surface area contributed by atoms with E-state index in [1.54, 1.807) is 36.5 Å². The van der Waals surface area contributed by atoms with Gasteiger partial charge < -0.3 is 0 Å². The van der Waals surface area contributed by atoms with Gasteiger partial charge in [-0.1, -0.05) is 18.2 Å². The third kappa shape index (κ3) is 3.08. The van der Waals surface area contributed by atoms with E-state index in [4.69, 9.17) is 0 Å².